The minimum atomic E-state index is -0.497. The van der Waals surface area contributed by atoms with Gasteiger partial charge in [0.2, 0.25) is 0 Å². The second kappa shape index (κ2) is 12.8. The molecule has 1 heterocycles. The summed E-state index contributed by atoms with van der Waals surface area (Å²) in [6.07, 6.45) is 2.80. The largest absolute Gasteiger partial charge is 0.493 e. The molecule has 0 aromatic heterocycles. The van der Waals surface area contributed by atoms with Crippen LogP contribution < -0.4 is 20.1 Å². The number of rotatable bonds is 6. The number of carbonyl (C=O) groups excluding carboxylic acids is 1. The molecule has 9 heteroatoms. The first-order valence-electron chi connectivity index (χ1n) is 10.4. The predicted octanol–water partition coefficient (Wildman–Crippen LogP) is 3.78. The van der Waals surface area contributed by atoms with E-state index in [1.165, 1.54) is 0 Å². The molecule has 1 amide bonds. The number of aliphatic imine (C=N–C) groups is 1. The highest BCUT2D eigenvalue weighted by molar-refractivity contribution is 14.0. The van der Waals surface area contributed by atoms with Crippen LogP contribution in [-0.2, 0) is 11.3 Å². The second-order valence-corrected chi connectivity index (χ2v) is 8.32. The molecule has 176 valence electrons. The maximum atomic E-state index is 12.6. The lowest BCUT2D eigenvalue weighted by Gasteiger charge is -2.37. The van der Waals surface area contributed by atoms with Crippen LogP contribution >= 0.6 is 24.0 Å². The fraction of sp³-hybridized carbons (Fsp3) is 0.636. The average molecular weight is 548 g/mol. The minimum absolute atomic E-state index is 0. The third-order valence-corrected chi connectivity index (χ3v) is 4.89. The molecule has 0 radical (unpaired) electrons. The number of guanidine groups is 1. The summed E-state index contributed by atoms with van der Waals surface area (Å²) in [7, 11) is 4.97. The van der Waals surface area contributed by atoms with Crippen molar-refractivity contribution in [2.24, 2.45) is 4.99 Å². The number of ether oxygens (including phenoxy) is 3. The summed E-state index contributed by atoms with van der Waals surface area (Å²) < 4.78 is 16.2. The number of piperidine rings is 1. The van der Waals surface area contributed by atoms with E-state index in [1.54, 1.807) is 21.3 Å². The Morgan fingerprint density at radius 3 is 2.48 bits per heavy atom. The van der Waals surface area contributed by atoms with Gasteiger partial charge in [-0.05, 0) is 57.7 Å². The summed E-state index contributed by atoms with van der Waals surface area (Å²) in [5.41, 5.74) is 0.549. The Morgan fingerprint density at radius 2 is 1.87 bits per heavy atom. The zero-order valence-corrected chi connectivity index (χ0v) is 21.8. The molecule has 1 saturated heterocycles. The van der Waals surface area contributed by atoms with Gasteiger partial charge in [-0.25, -0.2) is 4.79 Å². The fourth-order valence-corrected chi connectivity index (χ4v) is 3.39. The summed E-state index contributed by atoms with van der Waals surface area (Å²) in [5, 5.41) is 6.65. The molecule has 1 unspecified atom stereocenters. The van der Waals surface area contributed by atoms with Gasteiger partial charge in [-0.15, -0.1) is 24.0 Å². The Hall–Kier alpha value is -1.91. The van der Waals surface area contributed by atoms with Gasteiger partial charge in [-0.3, -0.25) is 4.99 Å². The lowest BCUT2D eigenvalue weighted by Crippen LogP contribution is -2.52. The Kier molecular flexibility index (Phi) is 11.2. The third-order valence-electron chi connectivity index (χ3n) is 4.89. The molecule has 1 aromatic rings. The molecule has 0 saturated carbocycles. The molecular weight excluding hydrogens is 511 g/mol. The van der Waals surface area contributed by atoms with Gasteiger partial charge < -0.3 is 29.7 Å². The topological polar surface area (TPSA) is 84.4 Å². The van der Waals surface area contributed by atoms with Crippen molar-refractivity contribution in [3.05, 3.63) is 23.8 Å². The number of nitrogens with zero attached hydrogens (tertiary/aromatic N) is 2. The van der Waals surface area contributed by atoms with E-state index in [2.05, 4.69) is 15.6 Å². The molecule has 8 nitrogen and oxygen atoms in total. The standard InChI is InChI=1S/C22H36N4O4.HI/c1-22(2,3)30-21(27)26-12-8-7-9-17(26)15-25-20(23-4)24-14-16-10-11-18(28-5)19(13-16)29-6;/h10-11,13,17H,7-9,12,14-15H2,1-6H3,(H2,23,24,25);1H. The molecule has 31 heavy (non-hydrogen) atoms. The van der Waals surface area contributed by atoms with Crippen molar-refractivity contribution in [3.8, 4) is 11.5 Å². The molecule has 1 fully saturated rings. The quantitative estimate of drug-likeness (QED) is 0.320. The molecular formula is C22H37IN4O4. The number of halogens is 1. The first-order valence-corrected chi connectivity index (χ1v) is 10.4. The lowest BCUT2D eigenvalue weighted by molar-refractivity contribution is 0.0104. The first-order chi connectivity index (χ1) is 14.3. The van der Waals surface area contributed by atoms with Gasteiger partial charge in [0.1, 0.15) is 5.60 Å². The highest BCUT2D eigenvalue weighted by Crippen LogP contribution is 2.27. The van der Waals surface area contributed by atoms with Gasteiger partial charge in [0.25, 0.3) is 0 Å². The van der Waals surface area contributed by atoms with Crippen molar-refractivity contribution < 1.29 is 19.0 Å². The van der Waals surface area contributed by atoms with Crippen LogP contribution in [0.25, 0.3) is 0 Å². The van der Waals surface area contributed by atoms with Gasteiger partial charge in [-0.1, -0.05) is 6.07 Å². The predicted molar refractivity (Wildman–Crippen MR) is 134 cm³/mol. The van der Waals surface area contributed by atoms with E-state index in [9.17, 15) is 4.79 Å². The number of methoxy groups -OCH3 is 2. The van der Waals surface area contributed by atoms with E-state index in [0.717, 1.165) is 31.4 Å². The molecule has 0 aliphatic carbocycles. The van der Waals surface area contributed by atoms with Crippen LogP contribution in [0.5, 0.6) is 11.5 Å². The molecule has 1 aliphatic rings. The monoisotopic (exact) mass is 548 g/mol. The first kappa shape index (κ1) is 27.1. The van der Waals surface area contributed by atoms with E-state index < -0.39 is 5.60 Å². The number of benzene rings is 1. The molecule has 1 atom stereocenters. The minimum Gasteiger partial charge on any atom is -0.493 e. The zero-order chi connectivity index (χ0) is 22.1. The average Bonchev–Trinajstić information content (AvgIpc) is 2.72. The highest BCUT2D eigenvalue weighted by Gasteiger charge is 2.30. The maximum absolute atomic E-state index is 12.6. The molecule has 2 rings (SSSR count). The Morgan fingerprint density at radius 1 is 1.16 bits per heavy atom. The smallest absolute Gasteiger partial charge is 0.410 e. The highest BCUT2D eigenvalue weighted by atomic mass is 127. The summed E-state index contributed by atoms with van der Waals surface area (Å²) >= 11 is 0. The Balaban J connectivity index is 0.00000480. The van der Waals surface area contributed by atoms with Crippen LogP contribution in [0, 0.1) is 0 Å². The summed E-state index contributed by atoms with van der Waals surface area (Å²) in [6, 6.07) is 5.87. The summed E-state index contributed by atoms with van der Waals surface area (Å²) in [4.78, 5) is 18.7. The van der Waals surface area contributed by atoms with E-state index in [1.807, 2.05) is 43.9 Å². The van der Waals surface area contributed by atoms with E-state index >= 15 is 0 Å². The molecule has 2 N–H and O–H groups in total. The van der Waals surface area contributed by atoms with Crippen molar-refractivity contribution in [2.45, 2.75) is 58.2 Å². The molecule has 1 aromatic carbocycles. The number of amides is 1. The number of hydrogen-bond acceptors (Lipinski definition) is 5. The van der Waals surface area contributed by atoms with E-state index in [-0.39, 0.29) is 36.1 Å². The van der Waals surface area contributed by atoms with Crippen LogP contribution in [-0.4, -0.2) is 63.0 Å². The van der Waals surface area contributed by atoms with Crippen molar-refractivity contribution >= 4 is 36.0 Å². The number of nitrogens with one attached hydrogen (secondary N) is 2. The number of likely N-dealkylation sites (tertiary alicyclic amines) is 1. The summed E-state index contributed by atoms with van der Waals surface area (Å²) in [6.45, 7) is 7.59. The third kappa shape index (κ3) is 8.62. The van der Waals surface area contributed by atoms with Crippen molar-refractivity contribution in [3.63, 3.8) is 0 Å². The molecule has 1 aliphatic heterocycles. The van der Waals surface area contributed by atoms with E-state index in [0.29, 0.717) is 30.5 Å². The summed E-state index contributed by atoms with van der Waals surface area (Å²) in [5.74, 6) is 2.07. The maximum Gasteiger partial charge on any atom is 0.410 e. The van der Waals surface area contributed by atoms with Gasteiger partial charge in [0.05, 0.1) is 20.3 Å². The van der Waals surface area contributed by atoms with Gasteiger partial charge in [-0.2, -0.15) is 0 Å². The van der Waals surface area contributed by atoms with Crippen LogP contribution in [0.3, 0.4) is 0 Å². The van der Waals surface area contributed by atoms with Crippen molar-refractivity contribution in [2.75, 3.05) is 34.4 Å². The lowest BCUT2D eigenvalue weighted by atomic mass is 10.0. The van der Waals surface area contributed by atoms with Gasteiger partial charge >= 0.3 is 6.09 Å². The van der Waals surface area contributed by atoms with Crippen LogP contribution in [0.4, 0.5) is 4.79 Å². The SMILES string of the molecule is CN=C(NCc1ccc(OC)c(OC)c1)NCC1CCCCN1C(=O)OC(C)(C)C.I. The van der Waals surface area contributed by atoms with Gasteiger partial charge in [0, 0.05) is 26.7 Å². The fourth-order valence-electron chi connectivity index (χ4n) is 3.39. The number of hydrogen-bond donors (Lipinski definition) is 2. The zero-order valence-electron chi connectivity index (χ0n) is 19.5. The normalized spacial score (nSPS) is 16.8. The number of carbonyl (C=O) groups is 1. The Labute approximate surface area is 203 Å². The van der Waals surface area contributed by atoms with Crippen LogP contribution in [0.2, 0.25) is 0 Å². The molecule has 0 spiro atoms. The Bertz CT molecular complexity index is 737. The van der Waals surface area contributed by atoms with Gasteiger partial charge in [0.15, 0.2) is 17.5 Å². The van der Waals surface area contributed by atoms with Crippen molar-refractivity contribution in [1.29, 1.82) is 0 Å². The second-order valence-electron chi connectivity index (χ2n) is 8.32. The van der Waals surface area contributed by atoms with Crippen LogP contribution in [0.1, 0.15) is 45.6 Å². The van der Waals surface area contributed by atoms with E-state index in [4.69, 9.17) is 14.2 Å². The van der Waals surface area contributed by atoms with Crippen LogP contribution in [0.15, 0.2) is 23.2 Å². The van der Waals surface area contributed by atoms with Crippen molar-refractivity contribution in [1.82, 2.24) is 15.5 Å². The molecule has 0 bridgehead atoms.